The van der Waals surface area contributed by atoms with Gasteiger partial charge in [0.05, 0.1) is 5.69 Å². The van der Waals surface area contributed by atoms with Crippen molar-refractivity contribution in [2.75, 3.05) is 0 Å². The van der Waals surface area contributed by atoms with Gasteiger partial charge in [-0.1, -0.05) is 58.7 Å². The van der Waals surface area contributed by atoms with Crippen molar-refractivity contribution < 1.29 is 4.39 Å². The minimum Gasteiger partial charge on any atom is -0.257 e. The lowest BCUT2D eigenvalue weighted by atomic mass is 9.92. The zero-order valence-electron chi connectivity index (χ0n) is 19.0. The van der Waals surface area contributed by atoms with Crippen LogP contribution in [0.5, 0.6) is 0 Å². The first kappa shape index (κ1) is 23.1. The van der Waals surface area contributed by atoms with Crippen molar-refractivity contribution in [3.05, 3.63) is 70.5 Å². The van der Waals surface area contributed by atoms with Gasteiger partial charge < -0.3 is 0 Å². The van der Waals surface area contributed by atoms with Crippen molar-refractivity contribution in [2.24, 2.45) is 10.9 Å². The van der Waals surface area contributed by atoms with E-state index in [1.54, 1.807) is 12.1 Å². The first-order valence-electron chi connectivity index (χ1n) is 11.1. The molecule has 0 N–H and O–H groups in total. The van der Waals surface area contributed by atoms with Crippen LogP contribution in [0.1, 0.15) is 82.1 Å². The molecule has 156 valence electrons. The highest BCUT2D eigenvalue weighted by molar-refractivity contribution is 5.89. The minimum atomic E-state index is -0.185. The Morgan fingerprint density at radius 3 is 2.34 bits per heavy atom. The van der Waals surface area contributed by atoms with Crippen LogP contribution in [0.4, 0.5) is 10.1 Å². The summed E-state index contributed by atoms with van der Waals surface area (Å²) < 4.78 is 13.6. The molecule has 0 saturated heterocycles. The number of nitrogens with zero attached hydrogens (tertiary/aromatic N) is 1. The van der Waals surface area contributed by atoms with Crippen molar-refractivity contribution in [1.82, 2.24) is 0 Å². The lowest BCUT2D eigenvalue weighted by Gasteiger charge is -2.15. The van der Waals surface area contributed by atoms with Crippen LogP contribution in [0.15, 0.2) is 47.5 Å². The normalized spacial score (nSPS) is 13.6. The fraction of sp³-hybridized carbons (Fsp3) is 0.444. The molecule has 0 heterocycles. The minimum absolute atomic E-state index is 0.185. The van der Waals surface area contributed by atoms with Gasteiger partial charge in [-0.3, -0.25) is 4.99 Å². The van der Waals surface area contributed by atoms with E-state index >= 15 is 0 Å². The average molecular weight is 394 g/mol. The molecule has 0 aliphatic heterocycles. The van der Waals surface area contributed by atoms with E-state index < -0.39 is 0 Å². The molecular formula is C27H36FN. The molecule has 0 saturated carbocycles. The van der Waals surface area contributed by atoms with E-state index in [2.05, 4.69) is 58.9 Å². The van der Waals surface area contributed by atoms with Crippen LogP contribution in [-0.2, 0) is 0 Å². The van der Waals surface area contributed by atoms with Crippen molar-refractivity contribution >= 4 is 17.0 Å². The summed E-state index contributed by atoms with van der Waals surface area (Å²) in [5.41, 5.74) is 7.95. The predicted octanol–water partition coefficient (Wildman–Crippen LogP) is 8.59. The number of benzene rings is 2. The second-order valence-corrected chi connectivity index (χ2v) is 8.03. The average Bonchev–Trinajstić information content (AvgIpc) is 2.70. The summed E-state index contributed by atoms with van der Waals surface area (Å²) >= 11 is 0. The van der Waals surface area contributed by atoms with Crippen LogP contribution in [0.25, 0.3) is 5.57 Å². The zero-order valence-corrected chi connectivity index (χ0v) is 19.0. The van der Waals surface area contributed by atoms with E-state index in [-0.39, 0.29) is 5.82 Å². The van der Waals surface area contributed by atoms with Crippen LogP contribution in [0.2, 0.25) is 0 Å². The maximum atomic E-state index is 13.6. The van der Waals surface area contributed by atoms with Gasteiger partial charge in [-0.2, -0.15) is 0 Å². The number of aryl methyl sites for hydroxylation is 2. The molecule has 2 aromatic rings. The van der Waals surface area contributed by atoms with E-state index in [0.717, 1.165) is 48.9 Å². The van der Waals surface area contributed by atoms with Crippen LogP contribution < -0.4 is 0 Å². The van der Waals surface area contributed by atoms with Gasteiger partial charge in [-0.25, -0.2) is 4.39 Å². The number of unbranched alkanes of at least 4 members (excludes halogenated alkanes) is 1. The van der Waals surface area contributed by atoms with E-state index in [9.17, 15) is 4.39 Å². The third-order valence-corrected chi connectivity index (χ3v) is 5.57. The number of halogens is 1. The predicted molar refractivity (Wildman–Crippen MR) is 126 cm³/mol. The molecule has 29 heavy (non-hydrogen) atoms. The van der Waals surface area contributed by atoms with E-state index in [1.165, 1.54) is 22.4 Å². The van der Waals surface area contributed by atoms with Crippen molar-refractivity contribution in [1.29, 1.82) is 0 Å². The molecule has 0 fully saturated rings. The van der Waals surface area contributed by atoms with Gasteiger partial charge in [0.2, 0.25) is 0 Å². The fourth-order valence-corrected chi connectivity index (χ4v) is 3.61. The van der Waals surface area contributed by atoms with Gasteiger partial charge in [0.1, 0.15) is 5.82 Å². The molecule has 2 heteroatoms. The largest absolute Gasteiger partial charge is 0.257 e. The summed E-state index contributed by atoms with van der Waals surface area (Å²) in [6, 6.07) is 11.6. The van der Waals surface area contributed by atoms with E-state index in [1.807, 2.05) is 13.0 Å². The van der Waals surface area contributed by atoms with Gasteiger partial charge in [0, 0.05) is 5.71 Å². The monoisotopic (exact) mass is 393 g/mol. The number of hydrogen-bond donors (Lipinski definition) is 0. The van der Waals surface area contributed by atoms with Crippen LogP contribution >= 0.6 is 0 Å². The molecular weight excluding hydrogens is 357 g/mol. The molecule has 0 aromatic heterocycles. The van der Waals surface area contributed by atoms with Crippen molar-refractivity contribution in [2.45, 2.75) is 73.6 Å². The summed E-state index contributed by atoms with van der Waals surface area (Å²) in [6.45, 7) is 13.0. The quantitative estimate of drug-likeness (QED) is 0.378. The lowest BCUT2D eigenvalue weighted by Crippen LogP contribution is -2.09. The summed E-state index contributed by atoms with van der Waals surface area (Å²) in [5, 5.41) is 0. The highest BCUT2D eigenvalue weighted by Crippen LogP contribution is 2.31. The molecule has 2 rings (SSSR count). The first-order chi connectivity index (χ1) is 13.9. The molecule has 1 unspecified atom stereocenters. The highest BCUT2D eigenvalue weighted by atomic mass is 19.1. The molecule has 2 aromatic carbocycles. The van der Waals surface area contributed by atoms with Crippen LogP contribution in [-0.4, -0.2) is 5.71 Å². The zero-order chi connectivity index (χ0) is 21.4. The lowest BCUT2D eigenvalue weighted by molar-refractivity contribution is 0.626. The Morgan fingerprint density at radius 1 is 1.00 bits per heavy atom. The standard InChI is InChI=1S/C27H36FN/c1-7-10-12-25(24-15-14-23(28)18-20(24)5)22-13-16-27(21(6)17-22)29-26(11-8-2)19(4)9-3/h12-19H,7-11H2,1-6H3/b25-12-,29-26?. The molecule has 0 aliphatic rings. The number of hydrogen-bond acceptors (Lipinski definition) is 1. The van der Waals surface area contributed by atoms with Crippen LogP contribution in [0.3, 0.4) is 0 Å². The van der Waals surface area contributed by atoms with Crippen molar-refractivity contribution in [3.63, 3.8) is 0 Å². The summed E-state index contributed by atoms with van der Waals surface area (Å²) in [7, 11) is 0. The van der Waals surface area contributed by atoms with E-state index in [4.69, 9.17) is 4.99 Å². The van der Waals surface area contributed by atoms with Gasteiger partial charge in [0.25, 0.3) is 0 Å². The molecule has 1 atom stereocenters. The molecule has 1 nitrogen and oxygen atoms in total. The Balaban J connectivity index is 2.48. The van der Waals surface area contributed by atoms with Gasteiger partial charge in [-0.15, -0.1) is 0 Å². The fourth-order valence-electron chi connectivity index (χ4n) is 3.61. The second kappa shape index (κ2) is 11.1. The molecule has 0 bridgehead atoms. The highest BCUT2D eigenvalue weighted by Gasteiger charge is 2.12. The van der Waals surface area contributed by atoms with Crippen LogP contribution in [0, 0.1) is 25.6 Å². The number of allylic oxidation sites excluding steroid dienone is 1. The Hall–Kier alpha value is -2.22. The molecule has 0 amide bonds. The SMILES string of the molecule is CCC/C=C(/c1ccc(N=C(CCC)C(C)CC)c(C)c1)c1ccc(F)cc1C. The maximum absolute atomic E-state index is 13.6. The first-order valence-corrected chi connectivity index (χ1v) is 11.1. The topological polar surface area (TPSA) is 12.4 Å². The molecule has 0 aliphatic carbocycles. The molecule has 0 radical (unpaired) electrons. The summed E-state index contributed by atoms with van der Waals surface area (Å²) in [4.78, 5) is 5.03. The third kappa shape index (κ3) is 6.13. The smallest absolute Gasteiger partial charge is 0.123 e. The second-order valence-electron chi connectivity index (χ2n) is 8.03. The number of rotatable bonds is 9. The van der Waals surface area contributed by atoms with Gasteiger partial charge >= 0.3 is 0 Å². The maximum Gasteiger partial charge on any atom is 0.123 e. The van der Waals surface area contributed by atoms with Gasteiger partial charge in [0.15, 0.2) is 0 Å². The van der Waals surface area contributed by atoms with Gasteiger partial charge in [-0.05, 0) is 91.1 Å². The Morgan fingerprint density at radius 2 is 1.76 bits per heavy atom. The summed E-state index contributed by atoms with van der Waals surface area (Å²) in [5.74, 6) is 0.325. The third-order valence-electron chi connectivity index (χ3n) is 5.57. The van der Waals surface area contributed by atoms with E-state index in [0.29, 0.717) is 5.92 Å². The molecule has 0 spiro atoms. The Bertz CT molecular complexity index is 876. The summed E-state index contributed by atoms with van der Waals surface area (Å²) in [6.07, 6.45) is 7.64. The van der Waals surface area contributed by atoms with Crippen molar-refractivity contribution in [3.8, 4) is 0 Å². The number of aliphatic imine (C=N–C) groups is 1. The Labute approximate surface area is 176 Å². The Kier molecular flexibility index (Phi) is 8.82.